The lowest BCUT2D eigenvalue weighted by molar-refractivity contribution is -0.106. The molecule has 0 radical (unpaired) electrons. The van der Waals surface area contributed by atoms with Crippen molar-refractivity contribution < 1.29 is 31.7 Å². The van der Waals surface area contributed by atoms with Crippen LogP contribution in [0.1, 0.15) is 12.5 Å². The van der Waals surface area contributed by atoms with Gasteiger partial charge in [-0.25, -0.2) is 22.1 Å². The van der Waals surface area contributed by atoms with Crippen molar-refractivity contribution in [1.82, 2.24) is 14.5 Å². The number of anilines is 1. The number of aromatic hydroxyl groups is 1. The maximum atomic E-state index is 15.0. The monoisotopic (exact) mass is 406 g/mol. The van der Waals surface area contributed by atoms with Gasteiger partial charge in [-0.15, -0.1) is 5.10 Å². The van der Waals surface area contributed by atoms with Crippen LogP contribution in [0.3, 0.4) is 0 Å². The molecule has 2 aromatic rings. The number of rotatable bonds is 7. The van der Waals surface area contributed by atoms with Gasteiger partial charge < -0.3 is 9.90 Å². The van der Waals surface area contributed by atoms with E-state index in [9.17, 15) is 27.3 Å². The van der Waals surface area contributed by atoms with Crippen molar-refractivity contribution in [3.63, 3.8) is 0 Å². The fourth-order valence-electron chi connectivity index (χ4n) is 2.62. The largest absolute Gasteiger partial charge is 0.506 e. The van der Waals surface area contributed by atoms with Crippen LogP contribution in [-0.2, 0) is 16.0 Å². The zero-order valence-electron chi connectivity index (χ0n) is 13.8. The van der Waals surface area contributed by atoms with Crippen LogP contribution in [0.4, 0.5) is 23.2 Å². The summed E-state index contributed by atoms with van der Waals surface area (Å²) >= 11 is -2.07. The van der Waals surface area contributed by atoms with E-state index in [1.54, 1.807) is 0 Å². The molecule has 1 aromatic heterocycles. The number of aldehydes is 1. The molecule has 27 heavy (non-hydrogen) atoms. The van der Waals surface area contributed by atoms with E-state index >= 15 is 4.39 Å². The summed E-state index contributed by atoms with van der Waals surface area (Å²) < 4.78 is 71.3. The first-order chi connectivity index (χ1) is 12.7. The molecule has 2 N–H and O–H groups in total. The number of hydrogen-bond donors (Lipinski definition) is 2. The number of halogens is 4. The van der Waals surface area contributed by atoms with E-state index in [2.05, 4.69) is 9.82 Å². The van der Waals surface area contributed by atoms with E-state index in [1.807, 2.05) is 0 Å². The second-order valence-electron chi connectivity index (χ2n) is 5.77. The molecular weight excluding hydrogens is 392 g/mol. The van der Waals surface area contributed by atoms with Gasteiger partial charge in [0, 0.05) is 18.2 Å². The average Bonchev–Trinajstić information content (AvgIpc) is 3.08. The topological polar surface area (TPSA) is 87.5 Å². The van der Waals surface area contributed by atoms with Gasteiger partial charge in [-0.05, 0) is 19.2 Å². The molecule has 0 bridgehead atoms. The quantitative estimate of drug-likeness (QED) is 0.543. The molecule has 1 saturated carbocycles. The molecule has 1 fully saturated rings. The Morgan fingerprint density at radius 2 is 2.11 bits per heavy atom. The van der Waals surface area contributed by atoms with Crippen LogP contribution in [0.5, 0.6) is 5.75 Å². The van der Waals surface area contributed by atoms with Crippen LogP contribution < -0.4 is 9.03 Å². The Kier molecular flexibility index (Phi) is 4.95. The van der Waals surface area contributed by atoms with Crippen molar-refractivity contribution in [2.45, 2.75) is 18.4 Å². The number of phenolic OH excluding ortho intramolecular Hbond substituents is 1. The van der Waals surface area contributed by atoms with Gasteiger partial charge in [0.2, 0.25) is 5.95 Å². The highest BCUT2D eigenvalue weighted by Crippen LogP contribution is 2.52. The third-order valence-corrected chi connectivity index (χ3v) is 5.13. The summed E-state index contributed by atoms with van der Waals surface area (Å²) in [5.74, 6) is -5.99. The van der Waals surface area contributed by atoms with Crippen molar-refractivity contribution in [2.24, 2.45) is 0 Å². The van der Waals surface area contributed by atoms with Crippen LogP contribution in [0.2, 0.25) is 0 Å². The predicted molar refractivity (Wildman–Crippen MR) is 88.5 cm³/mol. The van der Waals surface area contributed by atoms with Crippen LogP contribution in [-0.4, -0.2) is 44.9 Å². The number of carbonyl (C=O) groups excluding carboxylic acids is 1. The normalized spacial score (nSPS) is 18.9. The molecule has 1 aliphatic carbocycles. The van der Waals surface area contributed by atoms with Crippen molar-refractivity contribution in [1.29, 1.82) is 0 Å². The van der Waals surface area contributed by atoms with Gasteiger partial charge in [0.05, 0.1) is 12.1 Å². The summed E-state index contributed by atoms with van der Waals surface area (Å²) in [6.45, 7) is -0.530. The SMILES string of the molecule is CNS(=O)N(CC=O)c1c(O)ccc(-c2cn(C3CC3(F)F)nc2F)c1F. The number of phenols is 1. The Labute approximate surface area is 153 Å². The molecule has 0 amide bonds. The lowest BCUT2D eigenvalue weighted by atomic mass is 10.1. The van der Waals surface area contributed by atoms with E-state index in [0.717, 1.165) is 27.3 Å². The Balaban J connectivity index is 2.08. The molecule has 1 aromatic carbocycles. The maximum absolute atomic E-state index is 15.0. The van der Waals surface area contributed by atoms with Crippen molar-refractivity contribution in [3.05, 3.63) is 30.1 Å². The van der Waals surface area contributed by atoms with Crippen LogP contribution in [0.15, 0.2) is 18.3 Å². The average molecular weight is 406 g/mol. The summed E-state index contributed by atoms with van der Waals surface area (Å²) in [6.07, 6.45) is 0.791. The molecule has 2 unspecified atom stereocenters. The number of nitrogens with one attached hydrogen (secondary N) is 1. The first-order valence-electron chi connectivity index (χ1n) is 7.66. The van der Waals surface area contributed by atoms with Gasteiger partial charge >= 0.3 is 0 Å². The number of hydrogen-bond acceptors (Lipinski definition) is 4. The minimum Gasteiger partial charge on any atom is -0.506 e. The van der Waals surface area contributed by atoms with Crippen LogP contribution in [0.25, 0.3) is 11.1 Å². The van der Waals surface area contributed by atoms with Crippen molar-refractivity contribution in [3.8, 4) is 16.9 Å². The standard InChI is InChI=1S/C15H14F4N4O3S/c1-20-27(26)23(4-5-24)13-10(25)3-2-8(12(13)16)9-7-22(21-14(9)17)11-6-15(11,18)19/h2-3,5,7,11,20,25H,4,6H2,1H3. The highest BCUT2D eigenvalue weighted by Gasteiger charge is 2.59. The van der Waals surface area contributed by atoms with Gasteiger partial charge in [-0.1, -0.05) is 0 Å². The molecule has 2 atom stereocenters. The van der Waals surface area contributed by atoms with Crippen LogP contribution in [0, 0.1) is 11.8 Å². The molecule has 0 aliphatic heterocycles. The van der Waals surface area contributed by atoms with Gasteiger partial charge in [-0.3, -0.25) is 8.99 Å². The summed E-state index contributed by atoms with van der Waals surface area (Å²) in [6, 6.07) is 0.745. The van der Waals surface area contributed by atoms with Gasteiger partial charge in [0.25, 0.3) is 5.92 Å². The smallest absolute Gasteiger partial charge is 0.272 e. The molecule has 0 spiro atoms. The number of carbonyl (C=O) groups is 1. The molecular formula is C15H14F4N4O3S. The predicted octanol–water partition coefficient (Wildman–Crippen LogP) is 1.92. The van der Waals surface area contributed by atoms with Crippen molar-refractivity contribution >= 4 is 23.1 Å². The minimum atomic E-state index is -3.00. The van der Waals surface area contributed by atoms with Crippen molar-refractivity contribution in [2.75, 3.05) is 17.9 Å². The van der Waals surface area contributed by atoms with Gasteiger partial charge in [0.15, 0.2) is 17.0 Å². The number of aromatic nitrogens is 2. The first kappa shape index (κ1) is 19.3. The van der Waals surface area contributed by atoms with E-state index in [0.29, 0.717) is 6.29 Å². The molecule has 146 valence electrons. The lowest BCUT2D eigenvalue weighted by Crippen LogP contribution is -2.35. The fraction of sp³-hybridized carbons (Fsp3) is 0.333. The number of alkyl halides is 2. The second-order valence-corrected chi connectivity index (χ2v) is 7.12. The highest BCUT2D eigenvalue weighted by atomic mass is 32.2. The maximum Gasteiger partial charge on any atom is 0.272 e. The van der Waals surface area contributed by atoms with E-state index < -0.39 is 64.9 Å². The molecule has 1 aliphatic rings. The fourth-order valence-corrected chi connectivity index (χ4v) is 3.37. The number of nitrogens with zero attached hydrogens (tertiary/aromatic N) is 3. The van der Waals surface area contributed by atoms with Gasteiger partial charge in [-0.2, -0.15) is 4.39 Å². The Morgan fingerprint density at radius 1 is 1.44 bits per heavy atom. The zero-order chi connectivity index (χ0) is 19.9. The molecule has 3 rings (SSSR count). The van der Waals surface area contributed by atoms with E-state index in [4.69, 9.17) is 0 Å². The zero-order valence-corrected chi connectivity index (χ0v) is 14.6. The summed E-state index contributed by atoms with van der Waals surface area (Å²) in [4.78, 5) is 10.8. The summed E-state index contributed by atoms with van der Waals surface area (Å²) in [5.41, 5.74) is -1.39. The van der Waals surface area contributed by atoms with E-state index in [-0.39, 0.29) is 5.56 Å². The highest BCUT2D eigenvalue weighted by molar-refractivity contribution is 7.84. The summed E-state index contributed by atoms with van der Waals surface area (Å²) in [5, 5.41) is 13.3. The Morgan fingerprint density at radius 3 is 2.67 bits per heavy atom. The second kappa shape index (κ2) is 6.93. The Bertz CT molecular complexity index is 921. The Hall–Kier alpha value is -2.47. The van der Waals surface area contributed by atoms with Crippen LogP contribution >= 0.6 is 0 Å². The third-order valence-electron chi connectivity index (χ3n) is 4.05. The number of benzene rings is 1. The molecule has 1 heterocycles. The molecule has 12 heteroatoms. The minimum absolute atomic E-state index is 0.342. The van der Waals surface area contributed by atoms with E-state index in [1.165, 1.54) is 7.05 Å². The van der Waals surface area contributed by atoms with Gasteiger partial charge in [0.1, 0.15) is 23.8 Å². The third kappa shape index (κ3) is 3.41. The summed E-state index contributed by atoms with van der Waals surface area (Å²) in [7, 11) is 1.28. The lowest BCUT2D eigenvalue weighted by Gasteiger charge is -2.22. The molecule has 7 nitrogen and oxygen atoms in total. The first-order valence-corrected chi connectivity index (χ1v) is 8.76. The molecule has 0 saturated heterocycles.